The van der Waals surface area contributed by atoms with Crippen molar-refractivity contribution >= 4 is 40.6 Å². The molecule has 0 radical (unpaired) electrons. The summed E-state index contributed by atoms with van der Waals surface area (Å²) < 4.78 is 17.9. The van der Waals surface area contributed by atoms with E-state index in [4.69, 9.17) is 19.3 Å². The van der Waals surface area contributed by atoms with Crippen molar-refractivity contribution in [1.29, 1.82) is 0 Å². The normalized spacial score (nSPS) is 14.0. The van der Waals surface area contributed by atoms with Crippen molar-refractivity contribution in [2.45, 2.75) is 38.0 Å². The van der Waals surface area contributed by atoms with Gasteiger partial charge in [-0.05, 0) is 78.4 Å². The van der Waals surface area contributed by atoms with E-state index >= 15 is 0 Å². The number of thioether (sulfide) groups is 1. The first kappa shape index (κ1) is 33.7. The molecular weight excluding hydrogens is 661 g/mol. The maximum Gasteiger partial charge on any atom is 0.253 e. The van der Waals surface area contributed by atoms with Gasteiger partial charge < -0.3 is 19.5 Å². The number of aromatic nitrogens is 3. The first-order valence-electron chi connectivity index (χ1n) is 15.5. The zero-order valence-electron chi connectivity index (χ0n) is 27.8. The summed E-state index contributed by atoms with van der Waals surface area (Å²) in [6.45, 7) is 4.12. The molecule has 0 spiro atoms. The monoisotopic (exact) mass is 696 g/mol. The number of benzene rings is 3. The summed E-state index contributed by atoms with van der Waals surface area (Å²) >= 11 is 2.89. The Hall–Kier alpha value is -5.14. The summed E-state index contributed by atoms with van der Waals surface area (Å²) in [6.07, 6.45) is 0.603. The van der Waals surface area contributed by atoms with Gasteiger partial charge in [0, 0.05) is 12.0 Å². The predicted octanol–water partition coefficient (Wildman–Crippen LogP) is 6.37. The number of amides is 2. The quantitative estimate of drug-likeness (QED) is 0.150. The largest absolute Gasteiger partial charge is 0.497 e. The van der Waals surface area contributed by atoms with Crippen LogP contribution in [-0.2, 0) is 11.3 Å². The summed E-state index contributed by atoms with van der Waals surface area (Å²) in [7, 11) is 4.69. The molecule has 1 aliphatic rings. The van der Waals surface area contributed by atoms with Crippen LogP contribution in [0.4, 0.5) is 0 Å². The Balaban J connectivity index is 1.25. The molecule has 2 aromatic heterocycles. The highest BCUT2D eigenvalue weighted by Gasteiger charge is 2.34. The van der Waals surface area contributed by atoms with Crippen molar-refractivity contribution in [3.05, 3.63) is 111 Å². The number of nitrogens with one attached hydrogen (secondary N) is 1. The van der Waals surface area contributed by atoms with Gasteiger partial charge in [0.15, 0.2) is 22.5 Å². The topological polar surface area (TPSA) is 120 Å². The highest BCUT2D eigenvalue weighted by atomic mass is 32.2. The van der Waals surface area contributed by atoms with Crippen molar-refractivity contribution < 1.29 is 23.8 Å². The Morgan fingerprint density at radius 3 is 2.45 bits per heavy atom. The number of hydrogen-bond acceptors (Lipinski definition) is 10. The summed E-state index contributed by atoms with van der Waals surface area (Å²) in [6, 6.07) is 22.6. The van der Waals surface area contributed by atoms with Crippen LogP contribution in [0.1, 0.15) is 50.2 Å². The van der Waals surface area contributed by atoms with E-state index < -0.39 is 0 Å². The number of carbonyl (C=O) groups is 2. The van der Waals surface area contributed by atoms with Crippen molar-refractivity contribution in [3.63, 3.8) is 0 Å². The van der Waals surface area contributed by atoms with Crippen molar-refractivity contribution in [1.82, 2.24) is 25.1 Å². The Kier molecular flexibility index (Phi) is 10.3. The minimum absolute atomic E-state index is 0.0782. The number of thiophene rings is 1. The third-order valence-electron chi connectivity index (χ3n) is 8.16. The molecule has 1 aliphatic heterocycles. The number of nitrogens with zero attached hydrogens (tertiary/aromatic N) is 5. The number of hydrazone groups is 1. The Bertz CT molecular complexity index is 1990. The number of carbonyl (C=O) groups excluding carboxylic acids is 2. The molecule has 2 amide bonds. The fourth-order valence-electron chi connectivity index (χ4n) is 5.56. The average Bonchev–Trinajstić information content (AvgIpc) is 3.91. The van der Waals surface area contributed by atoms with E-state index in [2.05, 4.69) is 15.5 Å². The zero-order valence-corrected chi connectivity index (χ0v) is 29.4. The lowest BCUT2D eigenvalue weighted by Crippen LogP contribution is -2.28. The molecule has 5 aromatic rings. The van der Waals surface area contributed by atoms with Crippen LogP contribution in [0.25, 0.3) is 5.69 Å². The molecule has 1 unspecified atom stereocenters. The average molecular weight is 697 g/mol. The number of ether oxygens (including phenoxy) is 3. The summed E-state index contributed by atoms with van der Waals surface area (Å²) in [5.41, 5.74) is 5.17. The van der Waals surface area contributed by atoms with Crippen molar-refractivity contribution in [3.8, 4) is 22.9 Å². The maximum absolute atomic E-state index is 13.9. The number of rotatable bonds is 12. The minimum Gasteiger partial charge on any atom is -0.497 e. The van der Waals surface area contributed by atoms with Crippen LogP contribution in [0.5, 0.6) is 17.2 Å². The second kappa shape index (κ2) is 15.0. The van der Waals surface area contributed by atoms with Crippen LogP contribution in [0.3, 0.4) is 0 Å². The molecule has 0 saturated heterocycles. The second-order valence-electron chi connectivity index (χ2n) is 11.3. The Morgan fingerprint density at radius 1 is 0.939 bits per heavy atom. The van der Waals surface area contributed by atoms with E-state index in [0.29, 0.717) is 34.5 Å². The lowest BCUT2D eigenvalue weighted by Gasteiger charge is -2.22. The molecule has 13 heteroatoms. The van der Waals surface area contributed by atoms with Crippen LogP contribution in [-0.4, -0.2) is 64.4 Å². The van der Waals surface area contributed by atoms with E-state index in [1.165, 1.54) is 18.9 Å². The molecule has 252 valence electrons. The minimum atomic E-state index is -0.307. The van der Waals surface area contributed by atoms with Gasteiger partial charge in [0.25, 0.3) is 11.8 Å². The molecule has 3 aromatic carbocycles. The lowest BCUT2D eigenvalue weighted by atomic mass is 10.0. The summed E-state index contributed by atoms with van der Waals surface area (Å²) in [5.74, 6) is 1.87. The van der Waals surface area contributed by atoms with Gasteiger partial charge in [-0.25, -0.2) is 5.01 Å². The molecule has 1 N–H and O–H groups in total. The van der Waals surface area contributed by atoms with Crippen LogP contribution < -0.4 is 19.5 Å². The van der Waals surface area contributed by atoms with E-state index in [9.17, 15) is 9.59 Å². The predicted molar refractivity (Wildman–Crippen MR) is 190 cm³/mol. The van der Waals surface area contributed by atoms with E-state index in [1.54, 1.807) is 48.8 Å². The van der Waals surface area contributed by atoms with Gasteiger partial charge in [-0.2, -0.15) is 5.10 Å². The third-order valence-corrected chi connectivity index (χ3v) is 9.99. The molecule has 0 fully saturated rings. The molecule has 3 heterocycles. The van der Waals surface area contributed by atoms with Crippen LogP contribution in [0.2, 0.25) is 0 Å². The maximum atomic E-state index is 13.9. The summed E-state index contributed by atoms with van der Waals surface area (Å²) in [4.78, 5) is 28.1. The molecule has 0 saturated carbocycles. The van der Waals surface area contributed by atoms with E-state index in [0.717, 1.165) is 38.7 Å². The highest BCUT2D eigenvalue weighted by Crippen LogP contribution is 2.36. The fourth-order valence-corrected chi connectivity index (χ4v) is 7.10. The molecule has 0 aliphatic carbocycles. The second-order valence-corrected chi connectivity index (χ2v) is 13.2. The Labute approximate surface area is 292 Å². The molecule has 6 rings (SSSR count). The number of aryl methyl sites for hydroxylation is 2. The number of methoxy groups -OCH3 is 3. The number of hydrogen-bond donors (Lipinski definition) is 1. The lowest BCUT2D eigenvalue weighted by molar-refractivity contribution is -0.130. The van der Waals surface area contributed by atoms with Gasteiger partial charge in [0.2, 0.25) is 0 Å². The molecule has 11 nitrogen and oxygen atoms in total. The van der Waals surface area contributed by atoms with Crippen molar-refractivity contribution in [2.24, 2.45) is 5.10 Å². The van der Waals surface area contributed by atoms with Gasteiger partial charge in [-0.1, -0.05) is 42.1 Å². The van der Waals surface area contributed by atoms with Gasteiger partial charge in [0.05, 0.1) is 55.9 Å². The first-order chi connectivity index (χ1) is 23.8. The first-order valence-corrected chi connectivity index (χ1v) is 17.4. The summed E-state index contributed by atoms with van der Waals surface area (Å²) in [5, 5.41) is 20.8. The van der Waals surface area contributed by atoms with Gasteiger partial charge in [-0.3, -0.25) is 14.2 Å². The van der Waals surface area contributed by atoms with Crippen LogP contribution in [0.15, 0.2) is 88.4 Å². The molecule has 0 bridgehead atoms. The third kappa shape index (κ3) is 7.32. The Morgan fingerprint density at radius 2 is 1.73 bits per heavy atom. The molecule has 1 atom stereocenters. The van der Waals surface area contributed by atoms with Crippen LogP contribution >= 0.6 is 23.1 Å². The zero-order chi connectivity index (χ0) is 34.5. The van der Waals surface area contributed by atoms with E-state index in [-0.39, 0.29) is 30.2 Å². The molecule has 49 heavy (non-hydrogen) atoms. The standard InChI is InChI=1S/C36H36N6O5S2/c1-22-8-9-23(2)28(17-22)41-33(20-37-35(44)25-12-15-30(46-4)31(18-25)47-5)38-39-36(41)49-21-34(43)42-29(24-10-13-26(45-3)14-11-24)19-27(40-42)32-7-6-16-48-32/h6-18,29H,19-21H2,1-5H3,(H,37,44). The van der Waals surface area contributed by atoms with Gasteiger partial charge >= 0.3 is 0 Å². The SMILES string of the molecule is COc1ccc(C2CC(c3cccs3)=NN2C(=O)CSc2nnc(CNC(=O)c3ccc(OC)c(OC)c3)n2-c2cc(C)ccc2C)cc1. The van der Waals surface area contributed by atoms with Crippen LogP contribution in [0, 0.1) is 13.8 Å². The molecular formula is C36H36N6O5S2. The smallest absolute Gasteiger partial charge is 0.253 e. The van der Waals surface area contributed by atoms with E-state index in [1.807, 2.05) is 78.4 Å². The van der Waals surface area contributed by atoms with Gasteiger partial charge in [-0.15, -0.1) is 21.5 Å². The van der Waals surface area contributed by atoms with Crippen molar-refractivity contribution in [2.75, 3.05) is 27.1 Å². The van der Waals surface area contributed by atoms with Gasteiger partial charge in [0.1, 0.15) is 5.75 Å². The highest BCUT2D eigenvalue weighted by molar-refractivity contribution is 7.99. The fraction of sp³-hybridized carbons (Fsp3) is 0.250.